The van der Waals surface area contributed by atoms with Crippen LogP contribution >= 0.6 is 0 Å². The molecule has 7 heteroatoms. The molecule has 7 nitrogen and oxygen atoms in total. The lowest BCUT2D eigenvalue weighted by Gasteiger charge is -2.19. The normalized spacial score (nSPS) is 13.8. The number of carbonyl (C=O) groups excluding carboxylic acids is 2. The summed E-state index contributed by atoms with van der Waals surface area (Å²) in [5.74, 6) is -2.37. The van der Waals surface area contributed by atoms with Gasteiger partial charge >= 0.3 is 11.9 Å². The minimum atomic E-state index is -1.21. The van der Waals surface area contributed by atoms with Gasteiger partial charge in [-0.2, -0.15) is 0 Å². The third-order valence-electron chi connectivity index (χ3n) is 2.50. The van der Waals surface area contributed by atoms with E-state index < -0.39 is 29.9 Å². The van der Waals surface area contributed by atoms with Crippen LogP contribution in [0.3, 0.4) is 0 Å². The Hall–Kier alpha value is -1.63. The molecule has 104 valence electrons. The summed E-state index contributed by atoms with van der Waals surface area (Å²) >= 11 is 0. The molecule has 0 aromatic heterocycles. The Labute approximate surface area is 106 Å². The van der Waals surface area contributed by atoms with Gasteiger partial charge in [-0.15, -0.1) is 0 Å². The van der Waals surface area contributed by atoms with Crippen LogP contribution in [0.4, 0.5) is 0 Å². The topological polar surface area (TPSA) is 119 Å². The lowest BCUT2D eigenvalue weighted by Crippen LogP contribution is -2.50. The number of rotatable bonds is 7. The number of carbonyl (C=O) groups is 3. The van der Waals surface area contributed by atoms with Gasteiger partial charge in [-0.25, -0.2) is 4.79 Å². The van der Waals surface area contributed by atoms with Gasteiger partial charge in [0.05, 0.1) is 13.2 Å². The second kappa shape index (κ2) is 7.65. The van der Waals surface area contributed by atoms with Gasteiger partial charge in [0, 0.05) is 6.42 Å². The molecule has 0 radical (unpaired) electrons. The first-order valence-electron chi connectivity index (χ1n) is 5.65. The van der Waals surface area contributed by atoms with Gasteiger partial charge in [0.15, 0.2) is 0 Å². The van der Waals surface area contributed by atoms with E-state index in [2.05, 4.69) is 10.1 Å². The van der Waals surface area contributed by atoms with Gasteiger partial charge < -0.3 is 20.9 Å². The fraction of sp³-hybridized carbons (Fsp3) is 0.727. The molecular weight excluding hydrogens is 240 g/mol. The maximum absolute atomic E-state index is 11.6. The predicted molar refractivity (Wildman–Crippen MR) is 63.6 cm³/mol. The number of nitrogens with one attached hydrogen (secondary N) is 1. The van der Waals surface area contributed by atoms with Crippen molar-refractivity contribution in [1.82, 2.24) is 5.32 Å². The van der Waals surface area contributed by atoms with Gasteiger partial charge in [-0.3, -0.25) is 9.59 Å². The van der Waals surface area contributed by atoms with Crippen LogP contribution in [0.5, 0.6) is 0 Å². The predicted octanol–water partition coefficient (Wildman–Crippen LogP) is -0.508. The van der Waals surface area contributed by atoms with E-state index in [-0.39, 0.29) is 18.8 Å². The molecule has 2 atom stereocenters. The van der Waals surface area contributed by atoms with Crippen molar-refractivity contribution in [3.05, 3.63) is 0 Å². The molecule has 0 spiro atoms. The highest BCUT2D eigenvalue weighted by Crippen LogP contribution is 2.03. The minimum Gasteiger partial charge on any atom is -0.480 e. The SMILES string of the molecule is COC(=O)CCC(NC(=O)[C@H](N)C(C)C)C(=O)O. The first-order chi connectivity index (χ1) is 8.29. The summed E-state index contributed by atoms with van der Waals surface area (Å²) in [4.78, 5) is 33.4. The van der Waals surface area contributed by atoms with Crippen molar-refractivity contribution in [3.8, 4) is 0 Å². The number of esters is 1. The number of carboxylic acid groups (broad SMARTS) is 1. The first-order valence-corrected chi connectivity index (χ1v) is 5.65. The zero-order chi connectivity index (χ0) is 14.3. The van der Waals surface area contributed by atoms with E-state index in [0.717, 1.165) is 0 Å². The molecule has 1 amide bonds. The van der Waals surface area contributed by atoms with Crippen LogP contribution in [-0.4, -0.2) is 42.1 Å². The van der Waals surface area contributed by atoms with E-state index in [9.17, 15) is 14.4 Å². The Morgan fingerprint density at radius 2 is 1.89 bits per heavy atom. The summed E-state index contributed by atoms with van der Waals surface area (Å²) in [5.41, 5.74) is 5.59. The largest absolute Gasteiger partial charge is 0.480 e. The van der Waals surface area contributed by atoms with Crippen molar-refractivity contribution in [2.75, 3.05) is 7.11 Å². The molecule has 0 rings (SSSR count). The smallest absolute Gasteiger partial charge is 0.326 e. The van der Waals surface area contributed by atoms with Crippen LogP contribution in [0, 0.1) is 5.92 Å². The van der Waals surface area contributed by atoms with E-state index in [1.165, 1.54) is 7.11 Å². The molecule has 0 aromatic rings. The second-order valence-corrected chi connectivity index (χ2v) is 4.28. The quantitative estimate of drug-likeness (QED) is 0.530. The van der Waals surface area contributed by atoms with Gasteiger partial charge in [0.2, 0.25) is 5.91 Å². The number of nitrogens with two attached hydrogens (primary N) is 1. The molecule has 0 aromatic carbocycles. The highest BCUT2D eigenvalue weighted by Gasteiger charge is 2.25. The number of hydrogen-bond acceptors (Lipinski definition) is 5. The van der Waals surface area contributed by atoms with Crippen LogP contribution in [0.2, 0.25) is 0 Å². The summed E-state index contributed by atoms with van der Waals surface area (Å²) in [7, 11) is 1.21. The average Bonchev–Trinajstić information content (AvgIpc) is 2.31. The van der Waals surface area contributed by atoms with E-state index in [1.807, 2.05) is 0 Å². The molecule has 0 aliphatic heterocycles. The molecule has 4 N–H and O–H groups in total. The molecule has 0 aliphatic carbocycles. The van der Waals surface area contributed by atoms with Crippen molar-refractivity contribution in [2.45, 2.75) is 38.8 Å². The van der Waals surface area contributed by atoms with Gasteiger partial charge in [0.1, 0.15) is 6.04 Å². The van der Waals surface area contributed by atoms with Crippen molar-refractivity contribution in [3.63, 3.8) is 0 Å². The highest BCUT2D eigenvalue weighted by atomic mass is 16.5. The van der Waals surface area contributed by atoms with E-state index in [0.29, 0.717) is 0 Å². The standard InChI is InChI=1S/C11H20N2O5/c1-6(2)9(12)10(15)13-7(11(16)17)4-5-8(14)18-3/h6-7,9H,4-5,12H2,1-3H3,(H,13,15)(H,16,17)/t7?,9-/m1/s1. The number of carboxylic acids is 1. The van der Waals surface area contributed by atoms with Crippen LogP contribution in [-0.2, 0) is 19.1 Å². The van der Waals surface area contributed by atoms with Crippen LogP contribution in [0.1, 0.15) is 26.7 Å². The Kier molecular flexibility index (Phi) is 6.96. The van der Waals surface area contributed by atoms with Crippen molar-refractivity contribution < 1.29 is 24.2 Å². The molecule has 0 saturated carbocycles. The molecule has 0 aliphatic rings. The number of aliphatic carboxylic acids is 1. The van der Waals surface area contributed by atoms with Crippen molar-refractivity contribution in [1.29, 1.82) is 0 Å². The summed E-state index contributed by atoms with van der Waals surface area (Å²) in [5, 5.41) is 11.2. The monoisotopic (exact) mass is 260 g/mol. The number of ether oxygens (including phenoxy) is 1. The van der Waals surface area contributed by atoms with Gasteiger partial charge in [0.25, 0.3) is 0 Å². The molecule has 18 heavy (non-hydrogen) atoms. The number of methoxy groups -OCH3 is 1. The number of hydrogen-bond donors (Lipinski definition) is 3. The van der Waals surface area contributed by atoms with Crippen molar-refractivity contribution >= 4 is 17.8 Å². The Morgan fingerprint density at radius 1 is 1.33 bits per heavy atom. The molecule has 0 heterocycles. The summed E-state index contributed by atoms with van der Waals surface area (Å²) in [6.45, 7) is 3.52. The molecule has 0 fully saturated rings. The molecular formula is C11H20N2O5. The zero-order valence-corrected chi connectivity index (χ0v) is 10.8. The van der Waals surface area contributed by atoms with E-state index >= 15 is 0 Å². The fourth-order valence-electron chi connectivity index (χ4n) is 1.19. The second-order valence-electron chi connectivity index (χ2n) is 4.28. The summed E-state index contributed by atoms with van der Waals surface area (Å²) in [6.07, 6.45) is -0.108. The Balaban J connectivity index is 4.41. The average molecular weight is 260 g/mol. The van der Waals surface area contributed by atoms with Gasteiger partial charge in [-0.1, -0.05) is 13.8 Å². The van der Waals surface area contributed by atoms with Crippen LogP contribution in [0.25, 0.3) is 0 Å². The Bertz CT molecular complexity index is 317. The van der Waals surface area contributed by atoms with E-state index in [1.54, 1.807) is 13.8 Å². The number of amides is 1. The zero-order valence-electron chi connectivity index (χ0n) is 10.8. The summed E-state index contributed by atoms with van der Waals surface area (Å²) in [6, 6.07) is -1.91. The van der Waals surface area contributed by atoms with Crippen LogP contribution < -0.4 is 11.1 Å². The molecule has 1 unspecified atom stereocenters. The lowest BCUT2D eigenvalue weighted by molar-refractivity contribution is -0.144. The maximum atomic E-state index is 11.6. The fourth-order valence-corrected chi connectivity index (χ4v) is 1.19. The Morgan fingerprint density at radius 3 is 2.28 bits per heavy atom. The maximum Gasteiger partial charge on any atom is 0.326 e. The van der Waals surface area contributed by atoms with E-state index in [4.69, 9.17) is 10.8 Å². The minimum absolute atomic E-state index is 0.0292. The molecule has 0 bridgehead atoms. The molecule has 0 saturated heterocycles. The highest BCUT2D eigenvalue weighted by molar-refractivity contribution is 5.87. The third kappa shape index (κ3) is 5.62. The van der Waals surface area contributed by atoms with Gasteiger partial charge in [-0.05, 0) is 12.3 Å². The van der Waals surface area contributed by atoms with Crippen LogP contribution in [0.15, 0.2) is 0 Å². The first kappa shape index (κ1) is 16.4. The van der Waals surface area contributed by atoms with Crippen molar-refractivity contribution in [2.24, 2.45) is 11.7 Å². The third-order valence-corrected chi connectivity index (χ3v) is 2.50. The summed E-state index contributed by atoms with van der Waals surface area (Å²) < 4.78 is 4.40. The lowest BCUT2D eigenvalue weighted by atomic mass is 10.0.